The first kappa shape index (κ1) is 16.7. The predicted octanol–water partition coefficient (Wildman–Crippen LogP) is 4.17. The molecular weight excluding hydrogens is 298 g/mol. The van der Waals surface area contributed by atoms with Crippen molar-refractivity contribution in [1.29, 1.82) is 0 Å². The highest BCUT2D eigenvalue weighted by atomic mass is 16.5. The minimum Gasteiger partial charge on any atom is -0.465 e. The van der Waals surface area contributed by atoms with Crippen LogP contribution in [0, 0.1) is 0 Å². The molecular formula is C21H25NO2. The number of carbonyl (C=O) groups is 1. The molecule has 1 saturated carbocycles. The molecule has 3 nitrogen and oxygen atoms in total. The van der Waals surface area contributed by atoms with Crippen LogP contribution in [0.25, 0.3) is 0 Å². The maximum absolute atomic E-state index is 12.7. The number of ether oxygens (including phenoxy) is 1. The number of hydrogen-bond acceptors (Lipinski definition) is 3. The maximum atomic E-state index is 12.7. The quantitative estimate of drug-likeness (QED) is 0.716. The van der Waals surface area contributed by atoms with E-state index >= 15 is 0 Å². The number of rotatable bonds is 7. The van der Waals surface area contributed by atoms with Gasteiger partial charge in [-0.25, -0.2) is 0 Å². The lowest BCUT2D eigenvalue weighted by Crippen LogP contribution is -2.59. The fourth-order valence-corrected chi connectivity index (χ4v) is 3.39. The molecule has 0 atom stereocenters. The molecule has 0 bridgehead atoms. The summed E-state index contributed by atoms with van der Waals surface area (Å²) < 4.78 is 5.42. The van der Waals surface area contributed by atoms with Crippen LogP contribution in [-0.4, -0.2) is 23.0 Å². The van der Waals surface area contributed by atoms with E-state index < -0.39 is 5.54 Å². The molecule has 0 heterocycles. The van der Waals surface area contributed by atoms with Crippen molar-refractivity contribution >= 4 is 5.97 Å². The molecule has 0 saturated heterocycles. The van der Waals surface area contributed by atoms with Gasteiger partial charge in [0.05, 0.1) is 6.61 Å². The Morgan fingerprint density at radius 3 is 1.83 bits per heavy atom. The van der Waals surface area contributed by atoms with Gasteiger partial charge in [0.1, 0.15) is 5.54 Å². The smallest absolute Gasteiger partial charge is 0.326 e. The summed E-state index contributed by atoms with van der Waals surface area (Å²) in [5, 5.41) is 0. The van der Waals surface area contributed by atoms with Crippen LogP contribution in [0.2, 0.25) is 0 Å². The topological polar surface area (TPSA) is 29.5 Å². The number of esters is 1. The Hall–Kier alpha value is -2.13. The average molecular weight is 323 g/mol. The summed E-state index contributed by atoms with van der Waals surface area (Å²) in [5.74, 6) is -0.0666. The highest BCUT2D eigenvalue weighted by Crippen LogP contribution is 2.40. The van der Waals surface area contributed by atoms with Crippen LogP contribution < -0.4 is 0 Å². The molecule has 0 amide bonds. The van der Waals surface area contributed by atoms with Gasteiger partial charge in [-0.2, -0.15) is 0 Å². The molecule has 2 aromatic rings. The molecule has 0 unspecified atom stereocenters. The van der Waals surface area contributed by atoms with Gasteiger partial charge in [0.15, 0.2) is 0 Å². The highest BCUT2D eigenvalue weighted by molar-refractivity contribution is 5.82. The van der Waals surface area contributed by atoms with E-state index in [4.69, 9.17) is 4.74 Å². The van der Waals surface area contributed by atoms with Gasteiger partial charge in [0, 0.05) is 13.1 Å². The van der Waals surface area contributed by atoms with Crippen LogP contribution in [-0.2, 0) is 22.6 Å². The van der Waals surface area contributed by atoms with Gasteiger partial charge in [0.2, 0.25) is 0 Å². The number of nitrogens with zero attached hydrogens (tertiary/aromatic N) is 1. The summed E-state index contributed by atoms with van der Waals surface area (Å²) in [4.78, 5) is 15.0. The Kier molecular flexibility index (Phi) is 5.31. The van der Waals surface area contributed by atoms with Crippen LogP contribution >= 0.6 is 0 Å². The first-order valence-corrected chi connectivity index (χ1v) is 8.75. The van der Waals surface area contributed by atoms with Gasteiger partial charge in [-0.05, 0) is 37.3 Å². The zero-order valence-electron chi connectivity index (χ0n) is 14.3. The van der Waals surface area contributed by atoms with E-state index in [0.717, 1.165) is 32.4 Å². The van der Waals surface area contributed by atoms with Crippen molar-refractivity contribution in [3.63, 3.8) is 0 Å². The molecule has 126 valence electrons. The second-order valence-electron chi connectivity index (χ2n) is 6.43. The van der Waals surface area contributed by atoms with Gasteiger partial charge in [-0.1, -0.05) is 60.7 Å². The average Bonchev–Trinajstić information content (AvgIpc) is 2.56. The SMILES string of the molecule is CCOC(=O)C1(N(Cc2ccccc2)Cc2ccccc2)CCC1. The zero-order chi connectivity index (χ0) is 16.8. The number of carbonyl (C=O) groups excluding carboxylic acids is 1. The summed E-state index contributed by atoms with van der Waals surface area (Å²) in [6.07, 6.45) is 2.84. The molecule has 0 radical (unpaired) electrons. The lowest BCUT2D eigenvalue weighted by Gasteiger charge is -2.48. The van der Waals surface area contributed by atoms with Crippen molar-refractivity contribution in [2.75, 3.05) is 6.61 Å². The third kappa shape index (κ3) is 3.51. The normalized spacial score (nSPS) is 15.8. The Morgan fingerprint density at radius 1 is 0.958 bits per heavy atom. The zero-order valence-corrected chi connectivity index (χ0v) is 14.3. The minimum atomic E-state index is -0.471. The van der Waals surface area contributed by atoms with Crippen molar-refractivity contribution < 1.29 is 9.53 Å². The molecule has 24 heavy (non-hydrogen) atoms. The molecule has 1 fully saturated rings. The summed E-state index contributed by atoms with van der Waals surface area (Å²) in [6, 6.07) is 20.7. The first-order valence-electron chi connectivity index (χ1n) is 8.75. The molecule has 0 aromatic heterocycles. The molecule has 3 rings (SSSR count). The molecule has 0 spiro atoms. The van der Waals surface area contributed by atoms with E-state index in [9.17, 15) is 4.79 Å². The highest BCUT2D eigenvalue weighted by Gasteiger charge is 2.50. The van der Waals surface area contributed by atoms with Gasteiger partial charge >= 0.3 is 5.97 Å². The third-order valence-electron chi connectivity index (χ3n) is 4.87. The first-order chi connectivity index (χ1) is 11.7. The largest absolute Gasteiger partial charge is 0.465 e. The molecule has 0 aliphatic heterocycles. The van der Waals surface area contributed by atoms with E-state index in [2.05, 4.69) is 29.2 Å². The van der Waals surface area contributed by atoms with E-state index in [1.165, 1.54) is 11.1 Å². The van der Waals surface area contributed by atoms with Crippen LogP contribution in [0.1, 0.15) is 37.3 Å². The van der Waals surface area contributed by atoms with Crippen LogP contribution in [0.15, 0.2) is 60.7 Å². The summed E-state index contributed by atoms with van der Waals surface area (Å²) in [7, 11) is 0. The summed E-state index contributed by atoms with van der Waals surface area (Å²) in [5.41, 5.74) is 1.98. The van der Waals surface area contributed by atoms with Crippen LogP contribution in [0.5, 0.6) is 0 Å². The van der Waals surface area contributed by atoms with Gasteiger partial charge in [-0.3, -0.25) is 9.69 Å². The Morgan fingerprint density at radius 2 is 1.46 bits per heavy atom. The predicted molar refractivity (Wildman–Crippen MR) is 95.3 cm³/mol. The maximum Gasteiger partial charge on any atom is 0.326 e. The molecule has 2 aromatic carbocycles. The Labute approximate surface area is 144 Å². The van der Waals surface area contributed by atoms with Gasteiger partial charge in [0.25, 0.3) is 0 Å². The van der Waals surface area contributed by atoms with Crippen molar-refractivity contribution in [1.82, 2.24) is 4.90 Å². The number of benzene rings is 2. The fraction of sp³-hybridized carbons (Fsp3) is 0.381. The minimum absolute atomic E-state index is 0.0666. The van der Waals surface area contributed by atoms with Crippen molar-refractivity contribution in [3.8, 4) is 0 Å². The van der Waals surface area contributed by atoms with E-state index in [1.807, 2.05) is 43.3 Å². The Balaban J connectivity index is 1.87. The number of hydrogen-bond donors (Lipinski definition) is 0. The van der Waals surface area contributed by atoms with E-state index in [1.54, 1.807) is 0 Å². The van der Waals surface area contributed by atoms with Crippen LogP contribution in [0.4, 0.5) is 0 Å². The molecule has 0 N–H and O–H groups in total. The molecule has 1 aliphatic rings. The van der Waals surface area contributed by atoms with Crippen molar-refractivity contribution in [2.24, 2.45) is 0 Å². The third-order valence-corrected chi connectivity index (χ3v) is 4.87. The standard InChI is InChI=1S/C21H25NO2/c1-2-24-20(23)21(14-9-15-21)22(16-18-10-5-3-6-11-18)17-19-12-7-4-8-13-19/h3-8,10-13H,2,9,14-17H2,1H3. The van der Waals surface area contributed by atoms with Gasteiger partial charge in [-0.15, -0.1) is 0 Å². The molecule has 1 aliphatic carbocycles. The fourth-order valence-electron chi connectivity index (χ4n) is 3.39. The Bertz CT molecular complexity index is 609. The lowest BCUT2D eigenvalue weighted by molar-refractivity contribution is -0.166. The van der Waals surface area contributed by atoms with E-state index in [-0.39, 0.29) is 5.97 Å². The van der Waals surface area contributed by atoms with Crippen molar-refractivity contribution in [2.45, 2.75) is 44.8 Å². The second-order valence-corrected chi connectivity index (χ2v) is 6.43. The second kappa shape index (κ2) is 7.63. The van der Waals surface area contributed by atoms with E-state index in [0.29, 0.717) is 6.61 Å². The van der Waals surface area contributed by atoms with Crippen molar-refractivity contribution in [3.05, 3.63) is 71.8 Å². The summed E-state index contributed by atoms with van der Waals surface area (Å²) >= 11 is 0. The van der Waals surface area contributed by atoms with Gasteiger partial charge < -0.3 is 4.74 Å². The van der Waals surface area contributed by atoms with Crippen LogP contribution in [0.3, 0.4) is 0 Å². The lowest BCUT2D eigenvalue weighted by atomic mass is 9.74. The monoisotopic (exact) mass is 323 g/mol. The molecule has 3 heteroatoms. The summed E-state index contributed by atoms with van der Waals surface area (Å²) in [6.45, 7) is 3.83.